The summed E-state index contributed by atoms with van der Waals surface area (Å²) in [5.74, 6) is 0. The quantitative estimate of drug-likeness (QED) is 0.489. The molecule has 72 valence electrons. The summed E-state index contributed by atoms with van der Waals surface area (Å²) in [6.07, 6.45) is 3.82. The van der Waals surface area contributed by atoms with Crippen LogP contribution in [0.3, 0.4) is 0 Å². The van der Waals surface area contributed by atoms with Crippen LogP contribution in [0.1, 0.15) is 23.1 Å². The smallest absolute Gasteiger partial charge is 0.164 e. The molecule has 0 fully saturated rings. The Balaban J connectivity index is 0.000000853. The number of hydrogen-bond donors (Lipinski definition) is 0. The summed E-state index contributed by atoms with van der Waals surface area (Å²) in [7, 11) is 0. The Morgan fingerprint density at radius 1 is 1.27 bits per heavy atom. The van der Waals surface area contributed by atoms with Gasteiger partial charge >= 0.3 is 18.9 Å². The number of halogens is 1. The zero-order valence-electron chi connectivity index (χ0n) is 9.23. The summed E-state index contributed by atoms with van der Waals surface area (Å²) in [4.78, 5) is 0. The van der Waals surface area contributed by atoms with E-state index in [0.717, 1.165) is 0 Å². The van der Waals surface area contributed by atoms with E-state index >= 15 is 0 Å². The van der Waals surface area contributed by atoms with Crippen molar-refractivity contribution in [2.45, 2.75) is 26.2 Å². The first-order valence-electron chi connectivity index (χ1n) is 5.13. The van der Waals surface area contributed by atoms with Crippen LogP contribution in [-0.2, 0) is 12.8 Å². The van der Waals surface area contributed by atoms with E-state index in [1.54, 1.807) is 11.1 Å². The fraction of sp³-hybridized carbons (Fsp3) is 0.308. The number of aryl methyl sites for hydroxylation is 2. The molecule has 2 aromatic carbocycles. The van der Waals surface area contributed by atoms with Crippen molar-refractivity contribution in [3.8, 4) is 0 Å². The molecule has 0 aromatic heterocycles. The Labute approximate surface area is 111 Å². The third-order valence-electron chi connectivity index (χ3n) is 3.16. The van der Waals surface area contributed by atoms with Crippen LogP contribution in [0.15, 0.2) is 22.7 Å². The summed E-state index contributed by atoms with van der Waals surface area (Å²) in [5, 5.41) is 2.79. The first kappa shape index (κ1) is 11.4. The van der Waals surface area contributed by atoms with Gasteiger partial charge in [0, 0.05) is 0 Å². The molecule has 15 heavy (non-hydrogen) atoms. The van der Waals surface area contributed by atoms with E-state index in [0.29, 0.717) is 0 Å². The zero-order chi connectivity index (χ0) is 9.71. The number of rotatable bonds is 0. The molecule has 1 aliphatic carbocycles. The Morgan fingerprint density at radius 2 is 2.07 bits per heavy atom. The fourth-order valence-corrected chi connectivity index (χ4v) is 3.31. The summed E-state index contributed by atoms with van der Waals surface area (Å²) in [5.41, 5.74) is 4.46. The molecular formula is C13H12BrLi. The van der Waals surface area contributed by atoms with E-state index in [1.807, 2.05) is 0 Å². The van der Waals surface area contributed by atoms with Gasteiger partial charge in [-0.2, -0.15) is 6.07 Å². The van der Waals surface area contributed by atoms with Gasteiger partial charge in [-0.15, -0.1) is 28.5 Å². The molecule has 0 N–H and O–H groups in total. The van der Waals surface area contributed by atoms with Crippen molar-refractivity contribution < 1.29 is 18.9 Å². The van der Waals surface area contributed by atoms with E-state index in [-0.39, 0.29) is 18.9 Å². The van der Waals surface area contributed by atoms with Crippen LogP contribution in [0.5, 0.6) is 0 Å². The molecule has 0 radical (unpaired) electrons. The van der Waals surface area contributed by atoms with Crippen LogP contribution in [-0.4, -0.2) is 0 Å². The second-order valence-electron chi connectivity index (χ2n) is 4.22. The number of fused-ring (bicyclic) bond motifs is 2. The Kier molecular flexibility index (Phi) is 3.08. The molecule has 0 heterocycles. The second-order valence-corrected chi connectivity index (χ2v) is 5.01. The first-order chi connectivity index (χ1) is 6.75. The van der Waals surface area contributed by atoms with E-state index in [2.05, 4.69) is 41.1 Å². The maximum absolute atomic E-state index is 3.75. The monoisotopic (exact) mass is 254 g/mol. The molecule has 0 aliphatic heterocycles. The molecule has 0 saturated heterocycles. The van der Waals surface area contributed by atoms with Crippen molar-refractivity contribution in [1.82, 2.24) is 0 Å². The van der Waals surface area contributed by atoms with Gasteiger partial charge < -0.3 is 0 Å². The van der Waals surface area contributed by atoms with Crippen LogP contribution >= 0.6 is 15.9 Å². The average molecular weight is 255 g/mol. The maximum atomic E-state index is 3.75. The van der Waals surface area contributed by atoms with Gasteiger partial charge in [-0.25, -0.2) is 0 Å². The van der Waals surface area contributed by atoms with Crippen molar-refractivity contribution in [2.75, 3.05) is 0 Å². The molecule has 0 amide bonds. The van der Waals surface area contributed by atoms with Gasteiger partial charge in [0.25, 0.3) is 0 Å². The predicted octanol–water partition coefficient (Wildman–Crippen LogP) is 1.12. The second kappa shape index (κ2) is 4.05. The predicted molar refractivity (Wildman–Crippen MR) is 64.0 cm³/mol. The normalized spacial score (nSPS) is 14.0. The number of hydrogen-bond acceptors (Lipinski definition) is 0. The topological polar surface area (TPSA) is 0 Å². The van der Waals surface area contributed by atoms with Gasteiger partial charge in [0.15, 0.2) is 0 Å². The third-order valence-corrected chi connectivity index (χ3v) is 4.06. The zero-order valence-corrected chi connectivity index (χ0v) is 10.8. The van der Waals surface area contributed by atoms with Gasteiger partial charge in [-0.05, 0) is 29.3 Å². The van der Waals surface area contributed by atoms with Gasteiger partial charge in [0.1, 0.15) is 0 Å². The minimum Gasteiger partial charge on any atom is -0.164 e. The molecule has 0 saturated carbocycles. The summed E-state index contributed by atoms with van der Waals surface area (Å²) in [6.45, 7) is 2.16. The molecule has 2 heteroatoms. The molecule has 0 nitrogen and oxygen atoms in total. The van der Waals surface area contributed by atoms with Gasteiger partial charge in [-0.3, -0.25) is 0 Å². The molecule has 2 aromatic rings. The Morgan fingerprint density at radius 3 is 2.87 bits per heavy atom. The van der Waals surface area contributed by atoms with E-state index in [4.69, 9.17) is 0 Å². The SMILES string of the molecule is Cc1cc2c(Br)c3c(cc2[cH-]1)CCC3.[Li+]. The minimum absolute atomic E-state index is 0. The first-order valence-corrected chi connectivity index (χ1v) is 5.92. The van der Waals surface area contributed by atoms with Crippen LogP contribution < -0.4 is 18.9 Å². The summed E-state index contributed by atoms with van der Waals surface area (Å²) < 4.78 is 1.34. The number of benzene rings is 1. The Hall–Kier alpha value is -0.0926. The Bertz CT molecular complexity index is 511. The molecule has 0 unspecified atom stereocenters. The fourth-order valence-electron chi connectivity index (χ4n) is 2.51. The van der Waals surface area contributed by atoms with E-state index in [9.17, 15) is 0 Å². The van der Waals surface area contributed by atoms with Crippen molar-refractivity contribution >= 4 is 26.7 Å². The third kappa shape index (κ3) is 1.72. The maximum Gasteiger partial charge on any atom is 1.00 e. The van der Waals surface area contributed by atoms with Crippen LogP contribution in [0.2, 0.25) is 0 Å². The van der Waals surface area contributed by atoms with E-state index in [1.165, 1.54) is 40.1 Å². The summed E-state index contributed by atoms with van der Waals surface area (Å²) in [6, 6.07) is 6.92. The van der Waals surface area contributed by atoms with Crippen molar-refractivity contribution in [2.24, 2.45) is 0 Å². The molecule has 3 rings (SSSR count). The van der Waals surface area contributed by atoms with Gasteiger partial charge in [0.05, 0.1) is 0 Å². The molecule has 0 atom stereocenters. The van der Waals surface area contributed by atoms with Crippen molar-refractivity contribution in [1.29, 1.82) is 0 Å². The van der Waals surface area contributed by atoms with Gasteiger partial charge in [0.2, 0.25) is 0 Å². The van der Waals surface area contributed by atoms with E-state index < -0.39 is 0 Å². The standard InChI is InChI=1S/C13H12Br.Li/c1-8-5-10-7-9-3-2-4-11(9)13(14)12(10)6-8;/h5-7H,2-4H2,1H3;/q-1;+1. The van der Waals surface area contributed by atoms with Crippen molar-refractivity contribution in [3.05, 3.63) is 39.4 Å². The largest absolute Gasteiger partial charge is 1.00 e. The van der Waals surface area contributed by atoms with Gasteiger partial charge in [-0.1, -0.05) is 28.4 Å². The van der Waals surface area contributed by atoms with Crippen LogP contribution in [0, 0.1) is 6.92 Å². The van der Waals surface area contributed by atoms with Crippen LogP contribution in [0.4, 0.5) is 0 Å². The molecule has 0 bridgehead atoms. The molecular weight excluding hydrogens is 243 g/mol. The minimum atomic E-state index is 0. The molecule has 0 spiro atoms. The average Bonchev–Trinajstić information content (AvgIpc) is 2.71. The van der Waals surface area contributed by atoms with Crippen molar-refractivity contribution in [3.63, 3.8) is 0 Å². The summed E-state index contributed by atoms with van der Waals surface area (Å²) >= 11 is 3.75. The van der Waals surface area contributed by atoms with Crippen LogP contribution in [0.25, 0.3) is 10.8 Å². The molecule has 1 aliphatic rings.